The second-order valence-corrected chi connectivity index (χ2v) is 8.19. The fourth-order valence-corrected chi connectivity index (χ4v) is 4.29. The maximum Gasteiger partial charge on any atom is 0.223 e. The predicted octanol–water partition coefficient (Wildman–Crippen LogP) is 2.19. The fraction of sp³-hybridized carbons (Fsp3) is 0.750. The summed E-state index contributed by atoms with van der Waals surface area (Å²) in [5, 5.41) is 6.46. The van der Waals surface area contributed by atoms with Gasteiger partial charge in [-0.2, -0.15) is 0 Å². The van der Waals surface area contributed by atoms with Gasteiger partial charge < -0.3 is 5.32 Å². The summed E-state index contributed by atoms with van der Waals surface area (Å²) in [6.45, 7) is 6.10. The van der Waals surface area contributed by atoms with Crippen LogP contribution in [0.2, 0.25) is 0 Å². The normalized spacial score (nSPS) is 31.8. The van der Waals surface area contributed by atoms with Crippen LogP contribution in [0.25, 0.3) is 0 Å². The lowest BCUT2D eigenvalue weighted by molar-refractivity contribution is -0.123. The molecule has 21 heavy (non-hydrogen) atoms. The van der Waals surface area contributed by atoms with Gasteiger partial charge in [0.25, 0.3) is 0 Å². The van der Waals surface area contributed by atoms with Crippen LogP contribution >= 0.6 is 11.3 Å². The molecular weight excluding hydrogens is 282 g/mol. The first-order chi connectivity index (χ1) is 10.1. The number of likely N-dealkylation sites (tertiary alicyclic amines) is 1. The maximum absolute atomic E-state index is 12.2. The van der Waals surface area contributed by atoms with E-state index in [1.807, 2.05) is 0 Å². The van der Waals surface area contributed by atoms with Crippen LogP contribution in [0.3, 0.4) is 0 Å². The molecule has 1 amide bonds. The lowest BCUT2D eigenvalue weighted by Gasteiger charge is -2.14. The molecule has 1 aliphatic heterocycles. The standard InChI is InChI=1S/C16H23N3OS/c1-11-18-13(9-21-11)8-19-5-4-16(10-19)6-14(16)15(20)17-7-12-2-3-12/h9,12,14H,2-8,10H2,1H3,(H,17,20)/t14-,16+/m1/s1. The van der Waals surface area contributed by atoms with E-state index in [0.717, 1.165) is 43.5 Å². The molecule has 1 spiro atoms. The Balaban J connectivity index is 1.29. The third kappa shape index (κ3) is 2.86. The topological polar surface area (TPSA) is 45.2 Å². The Hall–Kier alpha value is -0.940. The van der Waals surface area contributed by atoms with Crippen LogP contribution < -0.4 is 5.32 Å². The van der Waals surface area contributed by atoms with Gasteiger partial charge in [-0.05, 0) is 50.5 Å². The quantitative estimate of drug-likeness (QED) is 0.907. The molecule has 3 fully saturated rings. The van der Waals surface area contributed by atoms with Crippen LogP contribution in [0.15, 0.2) is 5.38 Å². The highest BCUT2D eigenvalue weighted by molar-refractivity contribution is 7.09. The Bertz CT molecular complexity index is 553. The van der Waals surface area contributed by atoms with Crippen molar-refractivity contribution in [1.29, 1.82) is 0 Å². The van der Waals surface area contributed by atoms with Crippen molar-refractivity contribution in [3.8, 4) is 0 Å². The zero-order valence-electron chi connectivity index (χ0n) is 12.6. The first kappa shape index (κ1) is 13.7. The van der Waals surface area contributed by atoms with Crippen molar-refractivity contribution in [3.63, 3.8) is 0 Å². The number of nitrogens with zero attached hydrogens (tertiary/aromatic N) is 2. The minimum absolute atomic E-state index is 0.276. The number of nitrogens with one attached hydrogen (secondary N) is 1. The van der Waals surface area contributed by atoms with Gasteiger partial charge >= 0.3 is 0 Å². The van der Waals surface area contributed by atoms with E-state index >= 15 is 0 Å². The maximum atomic E-state index is 12.2. The molecule has 0 radical (unpaired) electrons. The van der Waals surface area contributed by atoms with Crippen molar-refractivity contribution >= 4 is 17.2 Å². The summed E-state index contributed by atoms with van der Waals surface area (Å²) in [5.74, 6) is 1.36. The number of aryl methyl sites for hydroxylation is 1. The van der Waals surface area contributed by atoms with E-state index in [1.54, 1.807) is 11.3 Å². The first-order valence-electron chi connectivity index (χ1n) is 8.06. The highest BCUT2D eigenvalue weighted by Gasteiger charge is 2.60. The molecule has 1 N–H and O–H groups in total. The molecule has 2 heterocycles. The number of thiazole rings is 1. The minimum Gasteiger partial charge on any atom is -0.356 e. The summed E-state index contributed by atoms with van der Waals surface area (Å²) < 4.78 is 0. The Morgan fingerprint density at radius 1 is 1.57 bits per heavy atom. The first-order valence-corrected chi connectivity index (χ1v) is 8.94. The zero-order valence-corrected chi connectivity index (χ0v) is 13.4. The lowest BCUT2D eigenvalue weighted by Crippen LogP contribution is -2.30. The van der Waals surface area contributed by atoms with E-state index in [9.17, 15) is 4.79 Å². The Kier molecular flexibility index (Phi) is 3.30. The average Bonchev–Trinajstić information content (AvgIpc) is 3.32. The monoisotopic (exact) mass is 305 g/mol. The fourth-order valence-electron chi connectivity index (χ4n) is 3.69. The lowest BCUT2D eigenvalue weighted by atomic mass is 10.0. The number of rotatable bonds is 5. The van der Waals surface area contributed by atoms with Gasteiger partial charge in [-0.25, -0.2) is 4.98 Å². The average molecular weight is 305 g/mol. The van der Waals surface area contributed by atoms with E-state index in [2.05, 4.69) is 27.5 Å². The molecule has 0 unspecified atom stereocenters. The number of carbonyl (C=O) groups excluding carboxylic acids is 1. The minimum atomic E-state index is 0.276. The van der Waals surface area contributed by atoms with Crippen molar-refractivity contribution < 1.29 is 4.79 Å². The van der Waals surface area contributed by atoms with Gasteiger partial charge in [-0.3, -0.25) is 9.69 Å². The number of aromatic nitrogens is 1. The van der Waals surface area contributed by atoms with E-state index < -0.39 is 0 Å². The van der Waals surface area contributed by atoms with Crippen molar-refractivity contribution in [2.75, 3.05) is 19.6 Å². The van der Waals surface area contributed by atoms with Crippen LogP contribution in [-0.2, 0) is 11.3 Å². The molecular formula is C16H23N3OS. The third-order valence-corrected chi connectivity index (χ3v) is 6.11. The van der Waals surface area contributed by atoms with Gasteiger partial charge in [-0.15, -0.1) is 11.3 Å². The smallest absolute Gasteiger partial charge is 0.223 e. The molecule has 1 saturated heterocycles. The van der Waals surface area contributed by atoms with Gasteiger partial charge in [0.1, 0.15) is 0 Å². The second kappa shape index (κ2) is 5.06. The molecule has 0 bridgehead atoms. The van der Waals surface area contributed by atoms with Crippen LogP contribution in [0.5, 0.6) is 0 Å². The van der Waals surface area contributed by atoms with Crippen molar-refractivity contribution in [2.45, 2.75) is 39.2 Å². The Labute approximate surface area is 129 Å². The van der Waals surface area contributed by atoms with Gasteiger partial charge in [0, 0.05) is 30.9 Å². The van der Waals surface area contributed by atoms with E-state index in [0.29, 0.717) is 11.3 Å². The van der Waals surface area contributed by atoms with E-state index in [1.165, 1.54) is 25.0 Å². The summed E-state index contributed by atoms with van der Waals surface area (Å²) in [5.41, 5.74) is 1.48. The number of hydrogen-bond donors (Lipinski definition) is 1. The number of amides is 1. The number of carbonyl (C=O) groups is 1. The summed E-state index contributed by atoms with van der Waals surface area (Å²) >= 11 is 1.72. The largest absolute Gasteiger partial charge is 0.356 e. The zero-order chi connectivity index (χ0) is 14.4. The molecule has 3 aliphatic rings. The molecule has 114 valence electrons. The Morgan fingerprint density at radius 3 is 3.14 bits per heavy atom. The molecule has 4 rings (SSSR count). The van der Waals surface area contributed by atoms with Crippen molar-refractivity contribution in [3.05, 3.63) is 16.1 Å². The molecule has 1 aromatic heterocycles. The molecule has 2 saturated carbocycles. The molecule has 0 aromatic carbocycles. The molecule has 4 nitrogen and oxygen atoms in total. The van der Waals surface area contributed by atoms with Crippen molar-refractivity contribution in [1.82, 2.24) is 15.2 Å². The summed E-state index contributed by atoms with van der Waals surface area (Å²) in [6, 6.07) is 0. The van der Waals surface area contributed by atoms with E-state index in [4.69, 9.17) is 0 Å². The summed E-state index contributed by atoms with van der Waals surface area (Å²) in [7, 11) is 0. The summed E-state index contributed by atoms with van der Waals surface area (Å²) in [6.07, 6.45) is 4.88. The molecule has 2 atom stereocenters. The van der Waals surface area contributed by atoms with Crippen LogP contribution in [0, 0.1) is 24.2 Å². The van der Waals surface area contributed by atoms with Gasteiger partial charge in [0.2, 0.25) is 5.91 Å². The van der Waals surface area contributed by atoms with Gasteiger partial charge in [-0.1, -0.05) is 0 Å². The van der Waals surface area contributed by atoms with Crippen molar-refractivity contribution in [2.24, 2.45) is 17.3 Å². The highest BCUT2D eigenvalue weighted by Crippen LogP contribution is 2.58. The molecule has 1 aromatic rings. The van der Waals surface area contributed by atoms with Crippen LogP contribution in [0.1, 0.15) is 36.4 Å². The predicted molar refractivity (Wildman–Crippen MR) is 83.0 cm³/mol. The van der Waals surface area contributed by atoms with E-state index in [-0.39, 0.29) is 5.92 Å². The SMILES string of the molecule is Cc1nc(CN2CC[C@]3(C[C@@H]3C(=O)NCC3CC3)C2)cs1. The van der Waals surface area contributed by atoms with Crippen LogP contribution in [-0.4, -0.2) is 35.4 Å². The molecule has 2 aliphatic carbocycles. The Morgan fingerprint density at radius 2 is 2.43 bits per heavy atom. The van der Waals surface area contributed by atoms with Crippen LogP contribution in [0.4, 0.5) is 0 Å². The third-order valence-electron chi connectivity index (χ3n) is 5.28. The number of hydrogen-bond acceptors (Lipinski definition) is 4. The highest BCUT2D eigenvalue weighted by atomic mass is 32.1. The summed E-state index contributed by atoms with van der Waals surface area (Å²) in [4.78, 5) is 19.3. The van der Waals surface area contributed by atoms with Gasteiger partial charge in [0.15, 0.2) is 0 Å². The molecule has 5 heteroatoms. The second-order valence-electron chi connectivity index (χ2n) is 7.13. The van der Waals surface area contributed by atoms with Gasteiger partial charge in [0.05, 0.1) is 10.7 Å².